The maximum absolute atomic E-state index is 5.52. The maximum Gasteiger partial charge on any atom is 0.0700 e. The molecule has 15 heavy (non-hydrogen) atoms. The fourth-order valence-electron chi connectivity index (χ4n) is 1.78. The van der Waals surface area contributed by atoms with Crippen LogP contribution in [-0.4, -0.2) is 39.5 Å². The summed E-state index contributed by atoms with van der Waals surface area (Å²) in [5.74, 6) is 0.839. The second-order valence-electron chi connectivity index (χ2n) is 4.23. The van der Waals surface area contributed by atoms with E-state index in [0.717, 1.165) is 38.8 Å². The van der Waals surface area contributed by atoms with E-state index in [9.17, 15) is 0 Å². The summed E-state index contributed by atoms with van der Waals surface area (Å²) < 4.78 is 10.9. The van der Waals surface area contributed by atoms with Crippen LogP contribution >= 0.6 is 0 Å². The van der Waals surface area contributed by atoms with E-state index in [-0.39, 0.29) is 0 Å². The first-order valence-electron chi connectivity index (χ1n) is 6.29. The molecule has 0 aliphatic carbocycles. The number of unbranched alkanes of at least 4 members (excludes halogenated alkanes) is 1. The second kappa shape index (κ2) is 9.13. The van der Waals surface area contributed by atoms with Gasteiger partial charge >= 0.3 is 0 Å². The van der Waals surface area contributed by atoms with Crippen LogP contribution in [-0.2, 0) is 9.47 Å². The van der Waals surface area contributed by atoms with Gasteiger partial charge in [-0.2, -0.15) is 0 Å². The van der Waals surface area contributed by atoms with Gasteiger partial charge in [0.25, 0.3) is 0 Å². The van der Waals surface area contributed by atoms with E-state index in [4.69, 9.17) is 9.47 Å². The van der Waals surface area contributed by atoms with Gasteiger partial charge in [0.05, 0.1) is 13.2 Å². The normalized spacial score (nSPS) is 21.0. The highest BCUT2D eigenvalue weighted by Crippen LogP contribution is 2.11. The van der Waals surface area contributed by atoms with Crippen LogP contribution in [0.2, 0.25) is 0 Å². The maximum atomic E-state index is 5.52. The van der Waals surface area contributed by atoms with E-state index in [0.29, 0.717) is 0 Å². The number of ether oxygens (including phenoxy) is 2. The van der Waals surface area contributed by atoms with E-state index in [1.165, 1.54) is 32.4 Å². The van der Waals surface area contributed by atoms with Crippen molar-refractivity contribution in [1.29, 1.82) is 0 Å². The molecule has 1 aliphatic rings. The third-order valence-electron chi connectivity index (χ3n) is 2.85. The molecule has 1 N–H and O–H groups in total. The van der Waals surface area contributed by atoms with E-state index in [1.54, 1.807) is 0 Å². The summed E-state index contributed by atoms with van der Waals surface area (Å²) in [6.07, 6.45) is 4.88. The molecule has 90 valence electrons. The Morgan fingerprint density at radius 3 is 2.60 bits per heavy atom. The zero-order chi connectivity index (χ0) is 10.8. The molecule has 3 heteroatoms. The van der Waals surface area contributed by atoms with Crippen LogP contribution in [0.4, 0.5) is 0 Å². The minimum absolute atomic E-state index is 0.753. The molecule has 0 spiro atoms. The van der Waals surface area contributed by atoms with Gasteiger partial charge in [-0.1, -0.05) is 13.3 Å². The topological polar surface area (TPSA) is 30.5 Å². The van der Waals surface area contributed by atoms with E-state index in [2.05, 4.69) is 12.2 Å². The highest BCUT2D eigenvalue weighted by molar-refractivity contribution is 4.70. The molecule has 0 radical (unpaired) electrons. The molecular formula is C12H25NO2. The molecule has 0 amide bonds. The van der Waals surface area contributed by atoms with Gasteiger partial charge in [-0.25, -0.2) is 0 Å². The monoisotopic (exact) mass is 215 g/mol. The third-order valence-corrected chi connectivity index (χ3v) is 2.85. The lowest BCUT2D eigenvalue weighted by atomic mass is 10.1. The predicted octanol–water partition coefficient (Wildman–Crippen LogP) is 1.82. The average molecular weight is 215 g/mol. The van der Waals surface area contributed by atoms with Crippen LogP contribution in [0.1, 0.15) is 32.6 Å². The fourth-order valence-corrected chi connectivity index (χ4v) is 1.78. The predicted molar refractivity (Wildman–Crippen MR) is 62.1 cm³/mol. The van der Waals surface area contributed by atoms with Crippen molar-refractivity contribution >= 4 is 0 Å². The van der Waals surface area contributed by atoms with E-state index < -0.39 is 0 Å². The number of hydrogen-bond donors (Lipinski definition) is 1. The first kappa shape index (κ1) is 12.9. The Morgan fingerprint density at radius 2 is 1.93 bits per heavy atom. The number of nitrogens with one attached hydrogen (secondary N) is 1. The molecule has 0 aromatic heterocycles. The van der Waals surface area contributed by atoms with Gasteiger partial charge in [0.2, 0.25) is 0 Å². The summed E-state index contributed by atoms with van der Waals surface area (Å²) in [5, 5.41) is 3.37. The summed E-state index contributed by atoms with van der Waals surface area (Å²) in [6.45, 7) is 7.82. The van der Waals surface area contributed by atoms with Crippen LogP contribution < -0.4 is 5.32 Å². The third kappa shape index (κ3) is 6.88. The quantitative estimate of drug-likeness (QED) is 0.595. The standard InChI is InChI=1S/C12H25NO2/c1-2-3-7-14-9-10-15-8-5-12-4-6-13-11-12/h12-13H,2-11H2,1H3. The molecule has 1 rings (SSSR count). The van der Waals surface area contributed by atoms with Crippen LogP contribution in [0.25, 0.3) is 0 Å². The van der Waals surface area contributed by atoms with Crippen molar-refractivity contribution in [3.63, 3.8) is 0 Å². The highest BCUT2D eigenvalue weighted by Gasteiger charge is 2.13. The van der Waals surface area contributed by atoms with Crippen LogP contribution in [0.15, 0.2) is 0 Å². The fraction of sp³-hybridized carbons (Fsp3) is 1.00. The molecule has 1 heterocycles. The number of rotatable bonds is 9. The minimum Gasteiger partial charge on any atom is -0.379 e. The molecule has 3 nitrogen and oxygen atoms in total. The summed E-state index contributed by atoms with van der Waals surface area (Å²) in [4.78, 5) is 0. The second-order valence-corrected chi connectivity index (χ2v) is 4.23. The van der Waals surface area contributed by atoms with Crippen molar-refractivity contribution in [1.82, 2.24) is 5.32 Å². The number of hydrogen-bond acceptors (Lipinski definition) is 3. The van der Waals surface area contributed by atoms with Gasteiger partial charge in [-0.3, -0.25) is 0 Å². The molecule has 1 atom stereocenters. The average Bonchev–Trinajstić information content (AvgIpc) is 2.75. The zero-order valence-corrected chi connectivity index (χ0v) is 9.96. The van der Waals surface area contributed by atoms with Crippen molar-refractivity contribution in [3.05, 3.63) is 0 Å². The first-order valence-corrected chi connectivity index (χ1v) is 6.29. The Kier molecular flexibility index (Phi) is 7.88. The Bertz CT molecular complexity index is 136. The molecule has 0 aromatic carbocycles. The minimum atomic E-state index is 0.753. The van der Waals surface area contributed by atoms with Gasteiger partial charge in [0, 0.05) is 13.2 Å². The summed E-state index contributed by atoms with van der Waals surface area (Å²) >= 11 is 0. The van der Waals surface area contributed by atoms with Crippen molar-refractivity contribution in [3.8, 4) is 0 Å². The summed E-state index contributed by atoms with van der Waals surface area (Å²) in [7, 11) is 0. The molecule has 0 bridgehead atoms. The zero-order valence-electron chi connectivity index (χ0n) is 9.96. The van der Waals surface area contributed by atoms with Crippen molar-refractivity contribution < 1.29 is 9.47 Å². The molecule has 0 aromatic rings. The van der Waals surface area contributed by atoms with Crippen molar-refractivity contribution in [2.45, 2.75) is 32.6 Å². The highest BCUT2D eigenvalue weighted by atomic mass is 16.5. The Hall–Kier alpha value is -0.120. The Morgan fingerprint density at radius 1 is 1.13 bits per heavy atom. The van der Waals surface area contributed by atoms with Crippen molar-refractivity contribution in [2.75, 3.05) is 39.5 Å². The van der Waals surface area contributed by atoms with Crippen LogP contribution in [0.5, 0.6) is 0 Å². The van der Waals surface area contributed by atoms with Gasteiger partial charge in [0.15, 0.2) is 0 Å². The smallest absolute Gasteiger partial charge is 0.0700 e. The summed E-state index contributed by atoms with van der Waals surface area (Å²) in [5.41, 5.74) is 0. The van der Waals surface area contributed by atoms with E-state index >= 15 is 0 Å². The van der Waals surface area contributed by atoms with Gasteiger partial charge < -0.3 is 14.8 Å². The molecule has 0 saturated carbocycles. The molecule has 1 fully saturated rings. The lowest BCUT2D eigenvalue weighted by molar-refractivity contribution is 0.0425. The van der Waals surface area contributed by atoms with Gasteiger partial charge in [-0.15, -0.1) is 0 Å². The van der Waals surface area contributed by atoms with Crippen LogP contribution in [0.3, 0.4) is 0 Å². The molecule has 1 unspecified atom stereocenters. The Labute approximate surface area is 93.5 Å². The Balaban J connectivity index is 1.73. The SMILES string of the molecule is CCCCOCCOCCC1CCNC1. The van der Waals surface area contributed by atoms with Crippen LogP contribution in [0, 0.1) is 5.92 Å². The first-order chi connectivity index (χ1) is 7.43. The summed E-state index contributed by atoms with van der Waals surface area (Å²) in [6, 6.07) is 0. The van der Waals surface area contributed by atoms with E-state index in [1.807, 2.05) is 0 Å². The lowest BCUT2D eigenvalue weighted by Gasteiger charge is -2.08. The largest absolute Gasteiger partial charge is 0.379 e. The van der Waals surface area contributed by atoms with Crippen molar-refractivity contribution in [2.24, 2.45) is 5.92 Å². The van der Waals surface area contributed by atoms with Gasteiger partial charge in [0.1, 0.15) is 0 Å². The molecule has 1 aliphatic heterocycles. The molecule has 1 saturated heterocycles. The molecular weight excluding hydrogens is 190 g/mol. The van der Waals surface area contributed by atoms with Gasteiger partial charge in [-0.05, 0) is 38.3 Å². The lowest BCUT2D eigenvalue weighted by Crippen LogP contribution is -2.12.